The van der Waals surface area contributed by atoms with Gasteiger partial charge in [-0.2, -0.15) is 8.42 Å². The average molecular weight is 389 g/mol. The molecule has 1 heterocycles. The van der Waals surface area contributed by atoms with Crippen LogP contribution in [0.15, 0.2) is 41.3 Å². The van der Waals surface area contributed by atoms with Gasteiger partial charge in [0.25, 0.3) is 10.1 Å². The van der Waals surface area contributed by atoms with Gasteiger partial charge in [-0.3, -0.25) is 4.55 Å². The van der Waals surface area contributed by atoms with Gasteiger partial charge >= 0.3 is 0 Å². The summed E-state index contributed by atoms with van der Waals surface area (Å²) in [4.78, 5) is -0.101. The number of hydrogen-bond donors (Lipinski definition) is 1. The summed E-state index contributed by atoms with van der Waals surface area (Å²) >= 11 is 0. The van der Waals surface area contributed by atoms with Crippen molar-refractivity contribution in [3.05, 3.63) is 47.5 Å². The monoisotopic (exact) mass is 388 g/mol. The van der Waals surface area contributed by atoms with E-state index in [4.69, 9.17) is 4.74 Å². The van der Waals surface area contributed by atoms with Gasteiger partial charge in [-0.05, 0) is 67.0 Å². The zero-order valence-corrected chi connectivity index (χ0v) is 17.5. The van der Waals surface area contributed by atoms with Gasteiger partial charge in [-0.15, -0.1) is 0 Å². The van der Waals surface area contributed by atoms with Gasteiger partial charge in [0, 0.05) is 11.1 Å². The Hall–Kier alpha value is -1.85. The Kier molecular flexibility index (Phi) is 4.89. The van der Waals surface area contributed by atoms with Crippen LogP contribution in [0, 0.1) is 0 Å². The van der Waals surface area contributed by atoms with Crippen molar-refractivity contribution in [3.63, 3.8) is 0 Å². The zero-order chi connectivity index (χ0) is 20.0. The first-order valence-corrected chi connectivity index (χ1v) is 11.0. The highest BCUT2D eigenvalue weighted by Gasteiger charge is 2.37. The van der Waals surface area contributed by atoms with Gasteiger partial charge in [-0.1, -0.05) is 39.8 Å². The maximum absolute atomic E-state index is 11.6. The highest BCUT2D eigenvalue weighted by atomic mass is 32.2. The molecular weight excluding hydrogens is 360 g/mol. The lowest BCUT2D eigenvalue weighted by Gasteiger charge is -2.38. The molecule has 5 heteroatoms. The lowest BCUT2D eigenvalue weighted by molar-refractivity contribution is 0.0794. The summed E-state index contributed by atoms with van der Waals surface area (Å²) in [5, 5.41) is 0. The van der Waals surface area contributed by atoms with Crippen LogP contribution in [0.4, 0.5) is 0 Å². The first kappa shape index (κ1) is 19.9. The molecule has 2 aromatic carbocycles. The molecule has 1 unspecified atom stereocenters. The van der Waals surface area contributed by atoms with E-state index in [9.17, 15) is 13.0 Å². The molecule has 0 amide bonds. The van der Waals surface area contributed by atoms with Crippen LogP contribution >= 0.6 is 0 Å². The third-order valence-corrected chi connectivity index (χ3v) is 7.25. The second-order valence-corrected chi connectivity index (χ2v) is 9.27. The number of rotatable bonds is 5. The Labute approximate surface area is 162 Å². The number of ether oxygens (including phenoxy) is 1. The van der Waals surface area contributed by atoms with Crippen LogP contribution in [0.2, 0.25) is 0 Å². The standard InChI is InChI=1S/C22H28O4S/c1-6-21(4,7-2)15-9-12-20-18(13-15)17-11-10-16(27(23,24)25)14-19(17)22(5,8-3)26-20/h9-14H,6-8H2,1-5H3,(H,23,24,25). The quantitative estimate of drug-likeness (QED) is 0.668. The molecule has 0 saturated heterocycles. The molecule has 0 aromatic heterocycles. The molecular formula is C22H28O4S. The highest BCUT2D eigenvalue weighted by Crippen LogP contribution is 2.48. The lowest BCUT2D eigenvalue weighted by Crippen LogP contribution is -2.32. The van der Waals surface area contributed by atoms with Crippen molar-refractivity contribution in [1.82, 2.24) is 0 Å². The van der Waals surface area contributed by atoms with Gasteiger partial charge < -0.3 is 4.74 Å². The Bertz CT molecular complexity index is 974. The smallest absolute Gasteiger partial charge is 0.294 e. The number of hydrogen-bond acceptors (Lipinski definition) is 3. The SMILES string of the molecule is CCC(C)(CC)c1ccc2c(c1)-c1ccc(S(=O)(=O)O)cc1C(C)(CC)O2. The Morgan fingerprint density at radius 2 is 1.70 bits per heavy atom. The van der Waals surface area contributed by atoms with Crippen molar-refractivity contribution in [3.8, 4) is 16.9 Å². The zero-order valence-electron chi connectivity index (χ0n) is 16.7. The average Bonchev–Trinajstić information content (AvgIpc) is 2.66. The van der Waals surface area contributed by atoms with Crippen molar-refractivity contribution in [2.75, 3.05) is 0 Å². The summed E-state index contributed by atoms with van der Waals surface area (Å²) in [7, 11) is -4.27. The molecule has 0 spiro atoms. The number of fused-ring (bicyclic) bond motifs is 3. The maximum Gasteiger partial charge on any atom is 0.294 e. The van der Waals surface area contributed by atoms with E-state index in [1.807, 2.05) is 19.9 Å². The largest absolute Gasteiger partial charge is 0.482 e. The minimum atomic E-state index is -4.27. The van der Waals surface area contributed by atoms with Crippen molar-refractivity contribution < 1.29 is 17.7 Å². The van der Waals surface area contributed by atoms with Crippen LogP contribution in [0.25, 0.3) is 11.1 Å². The molecule has 1 aliphatic heterocycles. The fourth-order valence-electron chi connectivity index (χ4n) is 3.78. The van der Waals surface area contributed by atoms with Crippen LogP contribution < -0.4 is 4.74 Å². The van der Waals surface area contributed by atoms with Gasteiger partial charge in [0.05, 0.1) is 4.90 Å². The highest BCUT2D eigenvalue weighted by molar-refractivity contribution is 7.85. The summed E-state index contributed by atoms with van der Waals surface area (Å²) in [6.45, 7) is 10.6. The van der Waals surface area contributed by atoms with Gasteiger partial charge in [0.1, 0.15) is 11.4 Å². The van der Waals surface area contributed by atoms with E-state index in [-0.39, 0.29) is 10.3 Å². The molecule has 3 rings (SSSR count). The molecule has 2 aromatic rings. The molecule has 1 N–H and O–H groups in total. The normalized spacial score (nSPS) is 19.2. The third kappa shape index (κ3) is 3.27. The van der Waals surface area contributed by atoms with Gasteiger partial charge in [0.15, 0.2) is 0 Å². The van der Waals surface area contributed by atoms with E-state index >= 15 is 0 Å². The number of benzene rings is 2. The first-order valence-electron chi connectivity index (χ1n) is 9.54. The predicted octanol–water partition coefficient (Wildman–Crippen LogP) is 5.70. The van der Waals surface area contributed by atoms with Crippen molar-refractivity contribution in [2.24, 2.45) is 0 Å². The fraction of sp³-hybridized carbons (Fsp3) is 0.455. The minimum Gasteiger partial charge on any atom is -0.482 e. The molecule has 0 bridgehead atoms. The van der Waals surface area contributed by atoms with Crippen LogP contribution in [-0.4, -0.2) is 13.0 Å². The summed E-state index contributed by atoms with van der Waals surface area (Å²) in [6.07, 6.45) is 2.74. The predicted molar refractivity (Wildman–Crippen MR) is 108 cm³/mol. The lowest BCUT2D eigenvalue weighted by atomic mass is 9.76. The van der Waals surface area contributed by atoms with E-state index in [0.717, 1.165) is 35.3 Å². The van der Waals surface area contributed by atoms with Crippen molar-refractivity contribution in [2.45, 2.75) is 69.8 Å². The molecule has 0 aliphatic carbocycles. The fourth-order valence-corrected chi connectivity index (χ4v) is 4.29. The minimum absolute atomic E-state index is 0.0785. The van der Waals surface area contributed by atoms with E-state index in [1.165, 1.54) is 11.6 Å². The Morgan fingerprint density at radius 1 is 1.04 bits per heavy atom. The van der Waals surface area contributed by atoms with Crippen LogP contribution in [0.1, 0.15) is 65.0 Å². The van der Waals surface area contributed by atoms with Gasteiger partial charge in [0.2, 0.25) is 0 Å². The van der Waals surface area contributed by atoms with E-state index in [2.05, 4.69) is 32.9 Å². The maximum atomic E-state index is 11.6. The third-order valence-electron chi connectivity index (χ3n) is 6.40. The van der Waals surface area contributed by atoms with Crippen molar-refractivity contribution in [1.29, 1.82) is 0 Å². The van der Waals surface area contributed by atoms with Crippen LogP contribution in [0.5, 0.6) is 5.75 Å². The molecule has 4 nitrogen and oxygen atoms in total. The van der Waals surface area contributed by atoms with Crippen LogP contribution in [-0.2, 0) is 21.1 Å². The van der Waals surface area contributed by atoms with E-state index in [0.29, 0.717) is 6.42 Å². The van der Waals surface area contributed by atoms with Gasteiger partial charge in [-0.25, -0.2) is 0 Å². The van der Waals surface area contributed by atoms with E-state index < -0.39 is 15.7 Å². The second kappa shape index (κ2) is 6.64. The molecule has 1 aliphatic rings. The topological polar surface area (TPSA) is 63.6 Å². The summed E-state index contributed by atoms with van der Waals surface area (Å²) in [6, 6.07) is 11.1. The summed E-state index contributed by atoms with van der Waals surface area (Å²) in [5.41, 5.74) is 3.41. The second-order valence-electron chi connectivity index (χ2n) is 7.85. The summed E-state index contributed by atoms with van der Waals surface area (Å²) < 4.78 is 39.1. The molecule has 1 atom stereocenters. The molecule has 146 valence electrons. The van der Waals surface area contributed by atoms with Crippen molar-refractivity contribution >= 4 is 10.1 Å². The Balaban J connectivity index is 2.26. The molecule has 0 fully saturated rings. The Morgan fingerprint density at radius 3 is 2.26 bits per heavy atom. The first-order chi connectivity index (χ1) is 12.6. The van der Waals surface area contributed by atoms with Crippen LogP contribution in [0.3, 0.4) is 0 Å². The van der Waals surface area contributed by atoms with E-state index in [1.54, 1.807) is 12.1 Å². The molecule has 0 radical (unpaired) electrons. The molecule has 0 saturated carbocycles. The molecule has 27 heavy (non-hydrogen) atoms. The summed E-state index contributed by atoms with van der Waals surface area (Å²) in [5.74, 6) is 0.810.